The van der Waals surface area contributed by atoms with Crippen molar-refractivity contribution >= 4 is 33.3 Å². The summed E-state index contributed by atoms with van der Waals surface area (Å²) in [4.78, 5) is 10.7. The zero-order valence-electron chi connectivity index (χ0n) is 11.0. The zero-order valence-corrected chi connectivity index (χ0v) is 12.6. The van der Waals surface area contributed by atoms with Gasteiger partial charge in [-0.25, -0.2) is 13.2 Å². The molecule has 0 bridgehead atoms. The highest BCUT2D eigenvalue weighted by atomic mass is 35.5. The van der Waals surface area contributed by atoms with Crippen molar-refractivity contribution in [3.63, 3.8) is 0 Å². The highest BCUT2D eigenvalue weighted by molar-refractivity contribution is 7.92. The summed E-state index contributed by atoms with van der Waals surface area (Å²) >= 11 is 5.94. The van der Waals surface area contributed by atoms with Crippen molar-refractivity contribution in [2.75, 3.05) is 4.72 Å². The maximum Gasteiger partial charge on any atom is 0.335 e. The molecule has 0 fully saturated rings. The molecule has 0 saturated carbocycles. The number of carbonyl (C=O) groups is 1. The fraction of sp³-hybridized carbons (Fsp3) is 0.0714. The van der Waals surface area contributed by atoms with Crippen LogP contribution in [0, 0.1) is 6.92 Å². The first-order valence-corrected chi connectivity index (χ1v) is 7.78. The Kier molecular flexibility index (Phi) is 4.20. The van der Waals surface area contributed by atoms with Gasteiger partial charge in [-0.15, -0.1) is 0 Å². The van der Waals surface area contributed by atoms with Crippen molar-refractivity contribution in [3.8, 4) is 0 Å². The smallest absolute Gasteiger partial charge is 0.335 e. The summed E-state index contributed by atoms with van der Waals surface area (Å²) in [5.41, 5.74) is 1.20. The summed E-state index contributed by atoms with van der Waals surface area (Å²) in [5.74, 6) is -1.11. The van der Waals surface area contributed by atoms with Gasteiger partial charge in [-0.3, -0.25) is 4.72 Å². The number of nitrogens with one attached hydrogen (secondary N) is 1. The molecule has 0 saturated heterocycles. The van der Waals surface area contributed by atoms with Crippen LogP contribution in [0.2, 0.25) is 5.02 Å². The van der Waals surface area contributed by atoms with Gasteiger partial charge in [0.25, 0.3) is 10.0 Å². The highest BCUT2D eigenvalue weighted by Crippen LogP contribution is 2.22. The average Bonchev–Trinajstić information content (AvgIpc) is 2.43. The van der Waals surface area contributed by atoms with Gasteiger partial charge in [-0.2, -0.15) is 0 Å². The lowest BCUT2D eigenvalue weighted by atomic mass is 10.2. The molecule has 110 valence electrons. The van der Waals surface area contributed by atoms with E-state index in [0.717, 1.165) is 5.56 Å². The third-order valence-corrected chi connectivity index (χ3v) is 4.64. The Morgan fingerprint density at radius 2 is 1.76 bits per heavy atom. The summed E-state index contributed by atoms with van der Waals surface area (Å²) in [7, 11) is -3.79. The van der Waals surface area contributed by atoms with Gasteiger partial charge in [0, 0.05) is 5.02 Å². The summed E-state index contributed by atoms with van der Waals surface area (Å²) in [6.07, 6.45) is 0. The van der Waals surface area contributed by atoms with Gasteiger partial charge in [0.2, 0.25) is 0 Å². The SMILES string of the molecule is Cc1ccc(NS(=O)(=O)c2ccc(C(=O)O)cc2)cc1Cl. The third kappa shape index (κ3) is 3.53. The summed E-state index contributed by atoms with van der Waals surface area (Å²) in [5, 5.41) is 9.25. The molecular weight excluding hydrogens is 314 g/mol. The number of hydrogen-bond acceptors (Lipinski definition) is 3. The number of carboxylic acid groups (broad SMARTS) is 1. The van der Waals surface area contributed by atoms with Crippen LogP contribution in [-0.2, 0) is 10.0 Å². The zero-order chi connectivity index (χ0) is 15.6. The Balaban J connectivity index is 2.29. The molecule has 5 nitrogen and oxygen atoms in total. The summed E-state index contributed by atoms with van der Waals surface area (Å²) in [6, 6.07) is 9.76. The van der Waals surface area contributed by atoms with Crippen LogP contribution >= 0.6 is 11.6 Å². The quantitative estimate of drug-likeness (QED) is 0.904. The largest absolute Gasteiger partial charge is 0.478 e. The van der Waals surface area contributed by atoms with Crippen molar-refractivity contribution in [2.45, 2.75) is 11.8 Å². The number of sulfonamides is 1. The Morgan fingerprint density at radius 3 is 2.29 bits per heavy atom. The van der Waals surface area contributed by atoms with Gasteiger partial charge in [0.15, 0.2) is 0 Å². The van der Waals surface area contributed by atoms with E-state index in [1.165, 1.54) is 30.3 Å². The first-order valence-electron chi connectivity index (χ1n) is 5.92. The molecule has 0 aromatic heterocycles. The molecule has 0 amide bonds. The van der Waals surface area contributed by atoms with E-state index in [1.807, 2.05) is 6.92 Å². The molecule has 2 rings (SSSR count). The maximum absolute atomic E-state index is 12.2. The van der Waals surface area contributed by atoms with Crippen LogP contribution in [-0.4, -0.2) is 19.5 Å². The first kappa shape index (κ1) is 15.3. The lowest BCUT2D eigenvalue weighted by Crippen LogP contribution is -2.13. The number of aromatic carboxylic acids is 1. The van der Waals surface area contributed by atoms with Crippen molar-refractivity contribution in [2.24, 2.45) is 0 Å². The van der Waals surface area contributed by atoms with Gasteiger partial charge in [-0.05, 0) is 48.9 Å². The first-order chi connectivity index (χ1) is 9.79. The highest BCUT2D eigenvalue weighted by Gasteiger charge is 2.15. The van der Waals surface area contributed by atoms with Crippen LogP contribution in [0.3, 0.4) is 0 Å². The summed E-state index contributed by atoms with van der Waals surface area (Å²) < 4.78 is 26.7. The number of aryl methyl sites for hydroxylation is 1. The van der Waals surface area contributed by atoms with E-state index in [-0.39, 0.29) is 10.5 Å². The minimum absolute atomic E-state index is 0.0207. The second kappa shape index (κ2) is 5.75. The second-order valence-corrected chi connectivity index (χ2v) is 6.49. The number of halogens is 1. The molecule has 21 heavy (non-hydrogen) atoms. The molecular formula is C14H12ClNO4S. The van der Waals surface area contributed by atoms with Gasteiger partial charge >= 0.3 is 5.97 Å². The second-order valence-electron chi connectivity index (χ2n) is 4.40. The van der Waals surface area contributed by atoms with E-state index in [2.05, 4.69) is 4.72 Å². The molecule has 0 radical (unpaired) electrons. The third-order valence-electron chi connectivity index (χ3n) is 2.84. The van der Waals surface area contributed by atoms with Gasteiger partial charge in [-0.1, -0.05) is 17.7 Å². The van der Waals surface area contributed by atoms with E-state index >= 15 is 0 Å². The van der Waals surface area contributed by atoms with Crippen LogP contribution in [0.5, 0.6) is 0 Å². The fourth-order valence-corrected chi connectivity index (χ4v) is 2.88. The van der Waals surface area contributed by atoms with E-state index in [0.29, 0.717) is 10.7 Å². The van der Waals surface area contributed by atoms with Crippen LogP contribution in [0.1, 0.15) is 15.9 Å². The number of rotatable bonds is 4. The lowest BCUT2D eigenvalue weighted by Gasteiger charge is -2.09. The molecule has 2 aromatic carbocycles. The molecule has 0 unspecified atom stereocenters. The van der Waals surface area contributed by atoms with E-state index < -0.39 is 16.0 Å². The van der Waals surface area contributed by atoms with E-state index in [1.54, 1.807) is 12.1 Å². The Hall–Kier alpha value is -2.05. The molecule has 2 aromatic rings. The molecule has 0 aliphatic rings. The van der Waals surface area contributed by atoms with Crippen LogP contribution in [0.15, 0.2) is 47.4 Å². The van der Waals surface area contributed by atoms with Crippen LogP contribution in [0.25, 0.3) is 0 Å². The Bertz CT molecular complexity index is 785. The predicted molar refractivity (Wildman–Crippen MR) is 80.4 cm³/mol. The standard InChI is InChI=1S/C14H12ClNO4S/c1-9-2-5-11(8-13(9)15)16-21(19,20)12-6-3-10(4-7-12)14(17)18/h2-8,16H,1H3,(H,17,18). The van der Waals surface area contributed by atoms with Gasteiger partial charge in [0.05, 0.1) is 16.1 Å². The lowest BCUT2D eigenvalue weighted by molar-refractivity contribution is 0.0697. The molecule has 0 aliphatic carbocycles. The van der Waals surface area contributed by atoms with Crippen LogP contribution < -0.4 is 4.72 Å². The molecule has 0 aliphatic heterocycles. The molecule has 0 atom stereocenters. The van der Waals surface area contributed by atoms with E-state index in [4.69, 9.17) is 16.7 Å². The molecule has 7 heteroatoms. The van der Waals surface area contributed by atoms with Crippen molar-refractivity contribution < 1.29 is 18.3 Å². The fourth-order valence-electron chi connectivity index (χ4n) is 1.65. The predicted octanol–water partition coefficient (Wildman–Crippen LogP) is 3.15. The van der Waals surface area contributed by atoms with Gasteiger partial charge < -0.3 is 5.11 Å². The molecule has 2 N–H and O–H groups in total. The normalized spacial score (nSPS) is 11.1. The van der Waals surface area contributed by atoms with Crippen molar-refractivity contribution in [3.05, 3.63) is 58.6 Å². The maximum atomic E-state index is 12.2. The topological polar surface area (TPSA) is 83.5 Å². The minimum Gasteiger partial charge on any atom is -0.478 e. The average molecular weight is 326 g/mol. The Labute approximate surface area is 127 Å². The van der Waals surface area contributed by atoms with Crippen LogP contribution in [0.4, 0.5) is 5.69 Å². The van der Waals surface area contributed by atoms with Crippen molar-refractivity contribution in [1.82, 2.24) is 0 Å². The van der Waals surface area contributed by atoms with Crippen molar-refractivity contribution in [1.29, 1.82) is 0 Å². The number of carboxylic acids is 1. The van der Waals surface area contributed by atoms with Gasteiger partial charge in [0.1, 0.15) is 0 Å². The number of hydrogen-bond donors (Lipinski definition) is 2. The summed E-state index contributed by atoms with van der Waals surface area (Å²) in [6.45, 7) is 1.81. The van der Waals surface area contributed by atoms with E-state index in [9.17, 15) is 13.2 Å². The Morgan fingerprint density at radius 1 is 1.14 bits per heavy atom. The molecule has 0 spiro atoms. The molecule has 0 heterocycles. The minimum atomic E-state index is -3.79. The monoisotopic (exact) mass is 325 g/mol. The number of anilines is 1. The number of benzene rings is 2.